The van der Waals surface area contributed by atoms with Crippen LogP contribution in [0.25, 0.3) is 0 Å². The molecule has 0 atom stereocenters. The van der Waals surface area contributed by atoms with Crippen LogP contribution >= 0.6 is 27.5 Å². The molecule has 1 aliphatic rings. The zero-order chi connectivity index (χ0) is 13.7. The topological polar surface area (TPSA) is 50.4 Å². The van der Waals surface area contributed by atoms with Crippen LogP contribution in [0.2, 0.25) is 5.02 Å². The van der Waals surface area contributed by atoms with Crippen molar-refractivity contribution in [1.82, 2.24) is 5.32 Å². The van der Waals surface area contributed by atoms with Gasteiger partial charge in [-0.2, -0.15) is 0 Å². The van der Waals surface area contributed by atoms with Gasteiger partial charge in [-0.15, -0.1) is 0 Å². The molecule has 2 N–H and O–H groups in total. The summed E-state index contributed by atoms with van der Waals surface area (Å²) in [5.74, 6) is -0.00579. The van der Waals surface area contributed by atoms with Gasteiger partial charge >= 0.3 is 0 Å². The summed E-state index contributed by atoms with van der Waals surface area (Å²) in [4.78, 5) is 11.8. The van der Waals surface area contributed by atoms with E-state index in [2.05, 4.69) is 26.6 Å². The number of rotatable bonds is 4. The number of amides is 1. The maximum Gasteiger partial charge on any atom is 0.239 e. The second kappa shape index (κ2) is 7.12. The summed E-state index contributed by atoms with van der Waals surface area (Å²) in [5.41, 5.74) is 0.853. The minimum atomic E-state index is -0.00579. The number of benzene rings is 1. The van der Waals surface area contributed by atoms with Crippen molar-refractivity contribution in [2.45, 2.75) is 18.9 Å². The summed E-state index contributed by atoms with van der Waals surface area (Å²) in [7, 11) is 0. The highest BCUT2D eigenvalue weighted by molar-refractivity contribution is 9.10. The first kappa shape index (κ1) is 14.6. The molecule has 0 radical (unpaired) electrons. The van der Waals surface area contributed by atoms with Crippen LogP contribution in [0, 0.1) is 0 Å². The van der Waals surface area contributed by atoms with Crippen molar-refractivity contribution < 1.29 is 9.53 Å². The van der Waals surface area contributed by atoms with Crippen molar-refractivity contribution in [2.75, 3.05) is 25.1 Å². The minimum absolute atomic E-state index is 0.00579. The fourth-order valence-corrected chi connectivity index (χ4v) is 2.75. The predicted molar refractivity (Wildman–Crippen MR) is 79.6 cm³/mol. The summed E-state index contributed by atoms with van der Waals surface area (Å²) >= 11 is 9.26. The van der Waals surface area contributed by atoms with Crippen LogP contribution in [0.15, 0.2) is 22.7 Å². The zero-order valence-electron chi connectivity index (χ0n) is 10.4. The van der Waals surface area contributed by atoms with Crippen LogP contribution in [-0.4, -0.2) is 31.7 Å². The Balaban J connectivity index is 1.79. The molecule has 1 aromatic carbocycles. The van der Waals surface area contributed by atoms with Gasteiger partial charge < -0.3 is 15.4 Å². The number of hydrogen-bond acceptors (Lipinski definition) is 3. The van der Waals surface area contributed by atoms with E-state index in [0.717, 1.165) is 36.2 Å². The number of nitrogens with one attached hydrogen (secondary N) is 2. The van der Waals surface area contributed by atoms with Crippen molar-refractivity contribution in [3.63, 3.8) is 0 Å². The Morgan fingerprint density at radius 1 is 1.42 bits per heavy atom. The minimum Gasteiger partial charge on any atom is -0.381 e. The highest BCUT2D eigenvalue weighted by Gasteiger charge is 2.15. The van der Waals surface area contributed by atoms with Gasteiger partial charge in [0.1, 0.15) is 0 Å². The normalized spacial score (nSPS) is 16.1. The van der Waals surface area contributed by atoms with E-state index in [-0.39, 0.29) is 18.5 Å². The molecule has 0 aliphatic carbocycles. The molecule has 104 valence electrons. The number of carbonyl (C=O) groups excluding carboxylic acids is 1. The molecule has 19 heavy (non-hydrogen) atoms. The maximum atomic E-state index is 11.8. The summed E-state index contributed by atoms with van der Waals surface area (Å²) < 4.78 is 6.10. The van der Waals surface area contributed by atoms with Gasteiger partial charge in [-0.25, -0.2) is 0 Å². The lowest BCUT2D eigenvalue weighted by Gasteiger charge is -2.23. The molecule has 0 aromatic heterocycles. The molecule has 1 amide bonds. The maximum absolute atomic E-state index is 11.8. The first-order valence-corrected chi connectivity index (χ1v) is 7.38. The third kappa shape index (κ3) is 4.67. The molecular weight excluding hydrogens is 332 g/mol. The van der Waals surface area contributed by atoms with Gasteiger partial charge in [0, 0.05) is 34.4 Å². The van der Waals surface area contributed by atoms with Gasteiger partial charge in [0.25, 0.3) is 0 Å². The van der Waals surface area contributed by atoms with Gasteiger partial charge in [-0.3, -0.25) is 4.79 Å². The second-order valence-corrected chi connectivity index (χ2v) is 5.72. The molecule has 4 nitrogen and oxygen atoms in total. The van der Waals surface area contributed by atoms with Crippen molar-refractivity contribution in [1.29, 1.82) is 0 Å². The van der Waals surface area contributed by atoms with Crippen LogP contribution < -0.4 is 10.6 Å². The Hall–Kier alpha value is -0.780. The van der Waals surface area contributed by atoms with Crippen molar-refractivity contribution >= 4 is 39.1 Å². The predicted octanol–water partition coefficient (Wildman–Crippen LogP) is 2.81. The Morgan fingerprint density at radius 2 is 2.16 bits per heavy atom. The third-order valence-electron chi connectivity index (χ3n) is 2.96. The Bertz CT molecular complexity index is 450. The fraction of sp³-hybridized carbons (Fsp3) is 0.462. The van der Waals surface area contributed by atoms with E-state index >= 15 is 0 Å². The Kier molecular flexibility index (Phi) is 5.48. The summed E-state index contributed by atoms with van der Waals surface area (Å²) in [6.07, 6.45) is 1.77. The first-order chi connectivity index (χ1) is 9.15. The molecule has 1 aromatic rings. The first-order valence-electron chi connectivity index (χ1n) is 6.21. The highest BCUT2D eigenvalue weighted by atomic mass is 79.9. The van der Waals surface area contributed by atoms with Gasteiger partial charge in [-0.05, 0) is 47.0 Å². The largest absolute Gasteiger partial charge is 0.381 e. The molecule has 1 saturated heterocycles. The standard InChI is InChI=1S/C13H16BrClN2O2/c14-11-7-9(15)1-2-12(11)16-8-13(18)17-10-3-5-19-6-4-10/h1-2,7,10,16H,3-6,8H2,(H,17,18). The number of ether oxygens (including phenoxy) is 1. The van der Waals surface area contributed by atoms with Gasteiger partial charge in [0.2, 0.25) is 5.91 Å². The van der Waals surface area contributed by atoms with E-state index in [1.54, 1.807) is 12.1 Å². The number of anilines is 1. The number of hydrogen-bond donors (Lipinski definition) is 2. The average molecular weight is 348 g/mol. The van der Waals surface area contributed by atoms with Crippen LogP contribution in [-0.2, 0) is 9.53 Å². The molecule has 0 bridgehead atoms. The Labute approximate surface area is 126 Å². The van der Waals surface area contributed by atoms with E-state index in [0.29, 0.717) is 5.02 Å². The average Bonchev–Trinajstić information content (AvgIpc) is 2.39. The van der Waals surface area contributed by atoms with E-state index in [4.69, 9.17) is 16.3 Å². The van der Waals surface area contributed by atoms with Gasteiger partial charge in [0.05, 0.1) is 6.54 Å². The molecular formula is C13H16BrClN2O2. The van der Waals surface area contributed by atoms with E-state index < -0.39 is 0 Å². The van der Waals surface area contributed by atoms with Crippen LogP contribution in [0.3, 0.4) is 0 Å². The number of halogens is 2. The van der Waals surface area contributed by atoms with Crippen molar-refractivity contribution in [3.8, 4) is 0 Å². The summed E-state index contributed by atoms with van der Waals surface area (Å²) in [6.45, 7) is 1.69. The summed E-state index contributed by atoms with van der Waals surface area (Å²) in [6, 6.07) is 5.65. The lowest BCUT2D eigenvalue weighted by atomic mass is 10.1. The smallest absolute Gasteiger partial charge is 0.239 e. The molecule has 6 heteroatoms. The third-order valence-corrected chi connectivity index (χ3v) is 3.85. The van der Waals surface area contributed by atoms with Crippen LogP contribution in [0.5, 0.6) is 0 Å². The fourth-order valence-electron chi connectivity index (χ4n) is 1.93. The van der Waals surface area contributed by atoms with E-state index in [1.165, 1.54) is 0 Å². The molecule has 1 aliphatic heterocycles. The van der Waals surface area contributed by atoms with Crippen LogP contribution in [0.1, 0.15) is 12.8 Å². The van der Waals surface area contributed by atoms with E-state index in [9.17, 15) is 4.79 Å². The monoisotopic (exact) mass is 346 g/mol. The molecule has 0 unspecified atom stereocenters. The quantitative estimate of drug-likeness (QED) is 0.880. The van der Waals surface area contributed by atoms with Crippen molar-refractivity contribution in [2.24, 2.45) is 0 Å². The molecule has 1 heterocycles. The lowest BCUT2D eigenvalue weighted by Crippen LogP contribution is -2.41. The van der Waals surface area contributed by atoms with Crippen LogP contribution in [0.4, 0.5) is 5.69 Å². The lowest BCUT2D eigenvalue weighted by molar-refractivity contribution is -0.120. The number of carbonyl (C=O) groups is 1. The molecule has 0 spiro atoms. The Morgan fingerprint density at radius 3 is 2.84 bits per heavy atom. The molecule has 0 saturated carbocycles. The van der Waals surface area contributed by atoms with Gasteiger partial charge in [0.15, 0.2) is 0 Å². The highest BCUT2D eigenvalue weighted by Crippen LogP contribution is 2.25. The summed E-state index contributed by atoms with van der Waals surface area (Å²) in [5, 5.41) is 6.73. The zero-order valence-corrected chi connectivity index (χ0v) is 12.8. The molecule has 2 rings (SSSR count). The molecule has 1 fully saturated rings. The van der Waals surface area contributed by atoms with Gasteiger partial charge in [-0.1, -0.05) is 11.6 Å². The van der Waals surface area contributed by atoms with E-state index in [1.807, 2.05) is 6.07 Å². The SMILES string of the molecule is O=C(CNc1ccc(Cl)cc1Br)NC1CCOCC1. The second-order valence-electron chi connectivity index (χ2n) is 4.43. The van der Waals surface area contributed by atoms with Crippen molar-refractivity contribution in [3.05, 3.63) is 27.7 Å².